The molecule has 1 aliphatic rings. The van der Waals surface area contributed by atoms with E-state index in [2.05, 4.69) is 10.3 Å². The summed E-state index contributed by atoms with van der Waals surface area (Å²) in [4.78, 5) is 20.6. The minimum atomic E-state index is -0.850. The zero-order valence-corrected chi connectivity index (χ0v) is 15.6. The van der Waals surface area contributed by atoms with Crippen LogP contribution in [0.25, 0.3) is 0 Å². The van der Waals surface area contributed by atoms with Crippen molar-refractivity contribution in [1.29, 1.82) is 0 Å². The maximum Gasteiger partial charge on any atom is 0.317 e. The number of pyridine rings is 1. The van der Waals surface area contributed by atoms with Gasteiger partial charge in [-0.1, -0.05) is 12.1 Å². The third-order valence-corrected chi connectivity index (χ3v) is 4.84. The standard InChI is InChI=1S/C20H24F2N4O/c1-25(2)19-15(5-3-9-23-19)12-24-20(27)26-10-4-6-16(13-26)14-7-8-17(21)18(22)11-14/h3,5,7-9,11,16H,4,6,10,12-13H2,1-2H3,(H,24,27). The molecule has 1 fully saturated rings. The number of rotatable bonds is 4. The fourth-order valence-corrected chi connectivity index (χ4v) is 3.45. The van der Waals surface area contributed by atoms with Crippen molar-refractivity contribution in [2.75, 3.05) is 32.1 Å². The summed E-state index contributed by atoms with van der Waals surface area (Å²) in [5.74, 6) is -0.870. The zero-order chi connectivity index (χ0) is 19.4. The van der Waals surface area contributed by atoms with E-state index in [0.29, 0.717) is 19.6 Å². The first-order valence-electron chi connectivity index (χ1n) is 9.04. The van der Waals surface area contributed by atoms with Gasteiger partial charge in [-0.05, 0) is 36.6 Å². The lowest BCUT2D eigenvalue weighted by Crippen LogP contribution is -2.44. The average molecular weight is 374 g/mol. The van der Waals surface area contributed by atoms with Crippen molar-refractivity contribution in [2.45, 2.75) is 25.3 Å². The van der Waals surface area contributed by atoms with Crippen LogP contribution in [-0.4, -0.2) is 43.1 Å². The molecule has 0 aliphatic carbocycles. The maximum atomic E-state index is 13.5. The molecule has 3 rings (SSSR count). The number of halogens is 2. The second kappa shape index (κ2) is 8.33. The first-order valence-corrected chi connectivity index (χ1v) is 9.04. The minimum Gasteiger partial charge on any atom is -0.362 e. The monoisotopic (exact) mass is 374 g/mol. The average Bonchev–Trinajstić information content (AvgIpc) is 2.68. The lowest BCUT2D eigenvalue weighted by atomic mass is 9.90. The molecule has 7 heteroatoms. The molecule has 1 atom stereocenters. The summed E-state index contributed by atoms with van der Waals surface area (Å²) in [5.41, 5.74) is 1.67. The molecule has 1 unspecified atom stereocenters. The van der Waals surface area contributed by atoms with Gasteiger partial charge in [-0.25, -0.2) is 18.6 Å². The summed E-state index contributed by atoms with van der Waals surface area (Å²) in [7, 11) is 3.81. The molecular formula is C20H24F2N4O. The van der Waals surface area contributed by atoms with Crippen LogP contribution in [0.5, 0.6) is 0 Å². The number of piperidine rings is 1. The number of urea groups is 1. The van der Waals surface area contributed by atoms with Gasteiger partial charge in [0.15, 0.2) is 11.6 Å². The predicted octanol–water partition coefficient (Wildman–Crippen LogP) is 3.52. The highest BCUT2D eigenvalue weighted by atomic mass is 19.2. The second-order valence-electron chi connectivity index (χ2n) is 7.00. The topological polar surface area (TPSA) is 48.5 Å². The van der Waals surface area contributed by atoms with Crippen LogP contribution in [0.3, 0.4) is 0 Å². The number of hydrogen-bond acceptors (Lipinski definition) is 3. The number of nitrogens with zero attached hydrogens (tertiary/aromatic N) is 3. The van der Waals surface area contributed by atoms with Crippen LogP contribution in [0.2, 0.25) is 0 Å². The van der Waals surface area contributed by atoms with E-state index in [0.717, 1.165) is 35.9 Å². The summed E-state index contributed by atoms with van der Waals surface area (Å²) < 4.78 is 26.7. The first kappa shape index (κ1) is 19.1. The molecule has 1 aromatic heterocycles. The van der Waals surface area contributed by atoms with Crippen LogP contribution in [-0.2, 0) is 6.54 Å². The molecule has 2 heterocycles. The molecule has 1 saturated heterocycles. The van der Waals surface area contributed by atoms with Crippen LogP contribution in [0.4, 0.5) is 19.4 Å². The zero-order valence-electron chi connectivity index (χ0n) is 15.6. The largest absolute Gasteiger partial charge is 0.362 e. The number of nitrogens with one attached hydrogen (secondary N) is 1. The van der Waals surface area contributed by atoms with E-state index in [-0.39, 0.29) is 11.9 Å². The SMILES string of the molecule is CN(C)c1ncccc1CNC(=O)N1CCCC(c2ccc(F)c(F)c2)C1. The molecule has 2 aromatic rings. The van der Waals surface area contributed by atoms with Crippen molar-refractivity contribution in [2.24, 2.45) is 0 Å². The molecule has 0 bridgehead atoms. The number of likely N-dealkylation sites (tertiary alicyclic amines) is 1. The minimum absolute atomic E-state index is 0.00956. The number of anilines is 1. The summed E-state index contributed by atoms with van der Waals surface area (Å²) in [6.07, 6.45) is 3.40. The van der Waals surface area contributed by atoms with Crippen LogP contribution >= 0.6 is 0 Å². The van der Waals surface area contributed by atoms with Gasteiger partial charge in [-0.2, -0.15) is 0 Å². The van der Waals surface area contributed by atoms with Crippen LogP contribution in [0, 0.1) is 11.6 Å². The Morgan fingerprint density at radius 2 is 2.11 bits per heavy atom. The van der Waals surface area contributed by atoms with Gasteiger partial charge in [-0.3, -0.25) is 0 Å². The molecule has 2 amide bonds. The lowest BCUT2D eigenvalue weighted by molar-refractivity contribution is 0.179. The van der Waals surface area contributed by atoms with Gasteiger partial charge in [0.05, 0.1) is 0 Å². The summed E-state index contributed by atoms with van der Waals surface area (Å²) in [6, 6.07) is 7.60. The lowest BCUT2D eigenvalue weighted by Gasteiger charge is -2.33. The molecule has 0 saturated carbocycles. The number of amides is 2. The van der Waals surface area contributed by atoms with E-state index in [4.69, 9.17) is 0 Å². The van der Waals surface area contributed by atoms with E-state index in [9.17, 15) is 13.6 Å². The van der Waals surface area contributed by atoms with Gasteiger partial charge in [0.1, 0.15) is 5.82 Å². The molecule has 27 heavy (non-hydrogen) atoms. The molecule has 144 valence electrons. The third kappa shape index (κ3) is 4.53. The number of carbonyl (C=O) groups is 1. The predicted molar refractivity (Wildman–Crippen MR) is 101 cm³/mol. The Hall–Kier alpha value is -2.70. The van der Waals surface area contributed by atoms with Gasteiger partial charge in [0, 0.05) is 51.4 Å². The van der Waals surface area contributed by atoms with Gasteiger partial charge < -0.3 is 15.1 Å². The van der Waals surface area contributed by atoms with Gasteiger partial charge in [0.2, 0.25) is 0 Å². The summed E-state index contributed by atoms with van der Waals surface area (Å²) >= 11 is 0. The Labute approximate surface area is 158 Å². The normalized spacial score (nSPS) is 16.9. The molecule has 5 nitrogen and oxygen atoms in total. The van der Waals surface area contributed by atoms with Gasteiger partial charge in [0.25, 0.3) is 0 Å². The number of carbonyl (C=O) groups excluding carboxylic acids is 1. The smallest absolute Gasteiger partial charge is 0.317 e. The van der Waals surface area contributed by atoms with Crippen LogP contribution in [0.1, 0.15) is 29.9 Å². The van der Waals surface area contributed by atoms with Crippen molar-refractivity contribution in [3.8, 4) is 0 Å². The Kier molecular flexibility index (Phi) is 5.88. The van der Waals surface area contributed by atoms with Crippen molar-refractivity contribution < 1.29 is 13.6 Å². The van der Waals surface area contributed by atoms with Crippen molar-refractivity contribution >= 4 is 11.8 Å². The number of aromatic nitrogens is 1. The summed E-state index contributed by atoms with van der Waals surface area (Å²) in [6.45, 7) is 1.52. The summed E-state index contributed by atoms with van der Waals surface area (Å²) in [5, 5.41) is 2.94. The molecule has 0 radical (unpaired) electrons. The van der Waals surface area contributed by atoms with Gasteiger partial charge in [-0.15, -0.1) is 0 Å². The Balaban J connectivity index is 1.62. The van der Waals surface area contributed by atoms with E-state index in [1.165, 1.54) is 6.07 Å². The third-order valence-electron chi connectivity index (χ3n) is 4.84. The second-order valence-corrected chi connectivity index (χ2v) is 7.00. The fourth-order valence-electron chi connectivity index (χ4n) is 3.45. The molecular weight excluding hydrogens is 350 g/mol. The molecule has 0 spiro atoms. The molecule has 1 aliphatic heterocycles. The van der Waals surface area contributed by atoms with Crippen LogP contribution in [0.15, 0.2) is 36.5 Å². The van der Waals surface area contributed by atoms with Gasteiger partial charge >= 0.3 is 6.03 Å². The molecule has 1 N–H and O–H groups in total. The van der Waals surface area contributed by atoms with Crippen molar-refractivity contribution in [3.05, 3.63) is 59.3 Å². The molecule has 1 aromatic carbocycles. The van der Waals surface area contributed by atoms with E-state index < -0.39 is 11.6 Å². The Bertz CT molecular complexity index is 812. The number of benzene rings is 1. The maximum absolute atomic E-state index is 13.5. The van der Waals surface area contributed by atoms with E-state index in [1.54, 1.807) is 17.2 Å². The Morgan fingerprint density at radius 1 is 1.30 bits per heavy atom. The van der Waals surface area contributed by atoms with E-state index >= 15 is 0 Å². The highest BCUT2D eigenvalue weighted by Crippen LogP contribution is 2.28. The van der Waals surface area contributed by atoms with Crippen molar-refractivity contribution in [3.63, 3.8) is 0 Å². The fraction of sp³-hybridized carbons (Fsp3) is 0.400. The van der Waals surface area contributed by atoms with E-state index in [1.807, 2.05) is 31.1 Å². The first-order chi connectivity index (χ1) is 13.0. The quantitative estimate of drug-likeness (QED) is 0.891. The highest BCUT2D eigenvalue weighted by molar-refractivity contribution is 5.74. The highest BCUT2D eigenvalue weighted by Gasteiger charge is 2.25. The Morgan fingerprint density at radius 3 is 2.85 bits per heavy atom. The number of hydrogen-bond donors (Lipinski definition) is 1. The van der Waals surface area contributed by atoms with Crippen LogP contribution < -0.4 is 10.2 Å². The van der Waals surface area contributed by atoms with Crippen molar-refractivity contribution in [1.82, 2.24) is 15.2 Å².